The molecule has 0 aliphatic carbocycles. The molecule has 0 aromatic rings. The van der Waals surface area contributed by atoms with Crippen molar-refractivity contribution in [2.75, 3.05) is 13.7 Å². The zero-order chi connectivity index (χ0) is 9.19. The highest BCUT2D eigenvalue weighted by atomic mass is 16.5. The molecule has 2 N–H and O–H groups in total. The molecule has 0 spiro atoms. The normalized spacial score (nSPS) is 35.3. The van der Waals surface area contributed by atoms with Crippen LogP contribution in [0.25, 0.3) is 0 Å². The first-order valence-electron chi connectivity index (χ1n) is 4.13. The lowest BCUT2D eigenvalue weighted by molar-refractivity contribution is -0.139. The van der Waals surface area contributed by atoms with Crippen molar-refractivity contribution in [2.45, 2.75) is 31.4 Å². The van der Waals surface area contributed by atoms with Crippen LogP contribution in [0.4, 0.5) is 0 Å². The second-order valence-corrected chi connectivity index (χ2v) is 3.24. The van der Waals surface area contributed by atoms with Gasteiger partial charge in [0.05, 0.1) is 18.1 Å². The van der Waals surface area contributed by atoms with Crippen LogP contribution in [0, 0.1) is 0 Å². The van der Waals surface area contributed by atoms with E-state index < -0.39 is 5.97 Å². The van der Waals surface area contributed by atoms with Crippen LogP contribution in [0.2, 0.25) is 0 Å². The van der Waals surface area contributed by atoms with E-state index >= 15 is 0 Å². The Labute approximate surface area is 71.9 Å². The van der Waals surface area contributed by atoms with Gasteiger partial charge in [-0.25, -0.2) is 0 Å². The van der Waals surface area contributed by atoms with Crippen molar-refractivity contribution < 1.29 is 14.6 Å². The average molecular weight is 173 g/mol. The zero-order valence-electron chi connectivity index (χ0n) is 7.46. The third kappa shape index (κ3) is 1.59. The topological polar surface area (TPSA) is 58.6 Å². The second kappa shape index (κ2) is 3.41. The van der Waals surface area contributed by atoms with Crippen LogP contribution in [0.5, 0.6) is 0 Å². The third-order valence-corrected chi connectivity index (χ3v) is 2.66. The number of ether oxygens (including phenoxy) is 1. The monoisotopic (exact) mass is 173 g/mol. The second-order valence-electron chi connectivity index (χ2n) is 3.24. The predicted octanol–water partition coefficient (Wildman–Crippen LogP) is 0.228. The molecule has 2 unspecified atom stereocenters. The maximum atomic E-state index is 10.6. The van der Waals surface area contributed by atoms with Crippen molar-refractivity contribution >= 4 is 5.97 Å². The zero-order valence-corrected chi connectivity index (χ0v) is 7.46. The molecule has 70 valence electrons. The Morgan fingerprint density at radius 1 is 1.83 bits per heavy atom. The van der Waals surface area contributed by atoms with Crippen LogP contribution in [0.15, 0.2) is 0 Å². The minimum absolute atomic E-state index is 0.0152. The van der Waals surface area contributed by atoms with E-state index in [-0.39, 0.29) is 18.1 Å². The van der Waals surface area contributed by atoms with Crippen molar-refractivity contribution in [3.05, 3.63) is 0 Å². The summed E-state index contributed by atoms with van der Waals surface area (Å²) in [6.45, 7) is 2.56. The molecule has 4 nitrogen and oxygen atoms in total. The first-order chi connectivity index (χ1) is 5.60. The fraction of sp³-hybridized carbons (Fsp3) is 0.875. The van der Waals surface area contributed by atoms with E-state index in [1.807, 2.05) is 6.92 Å². The molecule has 0 amide bonds. The number of carboxylic acid groups (broad SMARTS) is 1. The summed E-state index contributed by atoms with van der Waals surface area (Å²) in [7, 11) is 1.79. The predicted molar refractivity (Wildman–Crippen MR) is 44.1 cm³/mol. The van der Waals surface area contributed by atoms with Crippen LogP contribution >= 0.6 is 0 Å². The smallest absolute Gasteiger partial charge is 0.305 e. The molecule has 1 fully saturated rings. The molecule has 1 heterocycles. The van der Waals surface area contributed by atoms with Crippen molar-refractivity contribution in [3.63, 3.8) is 0 Å². The summed E-state index contributed by atoms with van der Waals surface area (Å²) in [5, 5.41) is 11.7. The lowest BCUT2D eigenvalue weighted by Crippen LogP contribution is -2.50. The van der Waals surface area contributed by atoms with Gasteiger partial charge >= 0.3 is 5.97 Å². The summed E-state index contributed by atoms with van der Waals surface area (Å²) in [6, 6.07) is 0. The van der Waals surface area contributed by atoms with Crippen LogP contribution in [-0.4, -0.2) is 36.4 Å². The van der Waals surface area contributed by atoms with Gasteiger partial charge in [0.2, 0.25) is 0 Å². The van der Waals surface area contributed by atoms with Gasteiger partial charge in [0, 0.05) is 6.61 Å². The van der Waals surface area contributed by atoms with Crippen LogP contribution in [0.1, 0.15) is 19.8 Å². The fourth-order valence-corrected chi connectivity index (χ4v) is 1.70. The van der Waals surface area contributed by atoms with E-state index in [0.29, 0.717) is 6.61 Å². The largest absolute Gasteiger partial charge is 0.481 e. The summed E-state index contributed by atoms with van der Waals surface area (Å²) in [6.07, 6.45) is 0.889. The Balaban J connectivity index is 2.67. The summed E-state index contributed by atoms with van der Waals surface area (Å²) in [5.74, 6) is -0.776. The van der Waals surface area contributed by atoms with Gasteiger partial charge in [-0.3, -0.25) is 4.79 Å². The summed E-state index contributed by atoms with van der Waals surface area (Å²) < 4.78 is 5.33. The maximum Gasteiger partial charge on any atom is 0.305 e. The van der Waals surface area contributed by atoms with Crippen LogP contribution in [-0.2, 0) is 9.53 Å². The molecule has 1 saturated heterocycles. The van der Waals surface area contributed by atoms with Gasteiger partial charge in [0.25, 0.3) is 0 Å². The number of nitrogens with one attached hydrogen (secondary N) is 1. The standard InChI is InChI=1S/C8H15NO3/c1-6-8(9-2,3-4-12-6)5-7(10)11/h6,9H,3-5H2,1-2H3,(H,10,11). The molecule has 0 saturated carbocycles. The summed E-state index contributed by atoms with van der Waals surface area (Å²) in [5.41, 5.74) is -0.355. The van der Waals surface area contributed by atoms with Crippen LogP contribution in [0.3, 0.4) is 0 Å². The highest BCUT2D eigenvalue weighted by molar-refractivity contribution is 5.68. The van der Waals surface area contributed by atoms with E-state index in [9.17, 15) is 4.79 Å². The molecular weight excluding hydrogens is 158 g/mol. The maximum absolute atomic E-state index is 10.6. The van der Waals surface area contributed by atoms with Gasteiger partial charge < -0.3 is 15.2 Å². The van der Waals surface area contributed by atoms with Gasteiger partial charge in [-0.15, -0.1) is 0 Å². The lowest BCUT2D eigenvalue weighted by atomic mass is 9.88. The quantitative estimate of drug-likeness (QED) is 0.641. The third-order valence-electron chi connectivity index (χ3n) is 2.66. The number of rotatable bonds is 3. The van der Waals surface area contributed by atoms with E-state index in [4.69, 9.17) is 9.84 Å². The average Bonchev–Trinajstić information content (AvgIpc) is 2.32. The van der Waals surface area contributed by atoms with Gasteiger partial charge in [-0.2, -0.15) is 0 Å². The SMILES string of the molecule is CNC1(CC(=O)O)CCOC1C. The van der Waals surface area contributed by atoms with Crippen LogP contribution < -0.4 is 5.32 Å². The van der Waals surface area contributed by atoms with E-state index in [2.05, 4.69) is 5.32 Å². The molecule has 0 radical (unpaired) electrons. The first-order valence-corrected chi connectivity index (χ1v) is 4.13. The lowest BCUT2D eigenvalue weighted by Gasteiger charge is -2.29. The number of carboxylic acids is 1. The number of carbonyl (C=O) groups is 1. The van der Waals surface area contributed by atoms with Crippen molar-refractivity contribution in [3.8, 4) is 0 Å². The minimum Gasteiger partial charge on any atom is -0.481 e. The fourth-order valence-electron chi connectivity index (χ4n) is 1.70. The summed E-state index contributed by atoms with van der Waals surface area (Å²) in [4.78, 5) is 10.6. The summed E-state index contributed by atoms with van der Waals surface area (Å²) >= 11 is 0. The van der Waals surface area contributed by atoms with Gasteiger partial charge in [-0.1, -0.05) is 0 Å². The first kappa shape index (κ1) is 9.48. The minimum atomic E-state index is -0.776. The molecule has 12 heavy (non-hydrogen) atoms. The Morgan fingerprint density at radius 2 is 2.50 bits per heavy atom. The molecule has 0 aromatic heterocycles. The molecule has 1 rings (SSSR count). The van der Waals surface area contributed by atoms with E-state index in [0.717, 1.165) is 6.42 Å². The Morgan fingerprint density at radius 3 is 2.83 bits per heavy atom. The van der Waals surface area contributed by atoms with Gasteiger partial charge in [0.15, 0.2) is 0 Å². The molecule has 1 aliphatic heterocycles. The molecule has 2 atom stereocenters. The molecule has 1 aliphatic rings. The Hall–Kier alpha value is -0.610. The van der Waals surface area contributed by atoms with Gasteiger partial charge in [0.1, 0.15) is 0 Å². The number of aliphatic carboxylic acids is 1. The number of likely N-dealkylation sites (N-methyl/N-ethyl adjacent to an activating group) is 1. The molecule has 4 heteroatoms. The number of hydrogen-bond donors (Lipinski definition) is 2. The highest BCUT2D eigenvalue weighted by Crippen LogP contribution is 2.28. The Bertz CT molecular complexity index is 183. The highest BCUT2D eigenvalue weighted by Gasteiger charge is 2.41. The Kier molecular flexibility index (Phi) is 2.69. The van der Waals surface area contributed by atoms with Gasteiger partial charge in [-0.05, 0) is 20.4 Å². The number of hydrogen-bond acceptors (Lipinski definition) is 3. The van der Waals surface area contributed by atoms with E-state index in [1.54, 1.807) is 7.05 Å². The van der Waals surface area contributed by atoms with Crippen molar-refractivity contribution in [1.82, 2.24) is 5.32 Å². The molecular formula is C8H15NO3. The van der Waals surface area contributed by atoms with Crippen molar-refractivity contribution in [2.24, 2.45) is 0 Å². The molecule has 0 aromatic carbocycles. The van der Waals surface area contributed by atoms with E-state index in [1.165, 1.54) is 0 Å². The molecule has 0 bridgehead atoms. The van der Waals surface area contributed by atoms with Crippen molar-refractivity contribution in [1.29, 1.82) is 0 Å².